The zero-order chi connectivity index (χ0) is 58.7. The molecule has 3 aliphatic rings. The van der Waals surface area contributed by atoms with E-state index in [1.54, 1.807) is 13.8 Å². The lowest BCUT2D eigenvalue weighted by Gasteiger charge is -2.30. The van der Waals surface area contributed by atoms with Crippen molar-refractivity contribution >= 4 is 95.6 Å². The van der Waals surface area contributed by atoms with Gasteiger partial charge in [0.05, 0.1) is 31.5 Å². The van der Waals surface area contributed by atoms with E-state index in [0.29, 0.717) is 32.2 Å². The average Bonchev–Trinajstić information content (AvgIpc) is 4.18. The van der Waals surface area contributed by atoms with E-state index in [9.17, 15) is 82.8 Å². The lowest BCUT2D eigenvalue weighted by atomic mass is 10.0. The Morgan fingerprint density at radius 3 is 1.54 bits per heavy atom. The van der Waals surface area contributed by atoms with Crippen LogP contribution in [0.15, 0.2) is 4.99 Å². The summed E-state index contributed by atoms with van der Waals surface area (Å²) < 4.78 is 0. The average molecular weight is 1130 g/mol. The molecule has 0 unspecified atom stereocenters. The number of nitrogens with two attached hydrogens (primary N) is 3. The van der Waals surface area contributed by atoms with Crippen LogP contribution in [0.25, 0.3) is 0 Å². The standard InChI is InChI=1S/C46H74N14O17S/c1-21(2)34(47)44(75)60-16-7-10-28(60)39(70)51-19-31(62)58-14-6-11-29(58)41(72)57-35(23(4)61)42(73)55-26(18-33(65)66)38(69)54-25(17-32(63)64)37(68)53-24(9-5-13-50-46(48)49)36(67)56-27(20-78)43(74)59-15-8-12-30(59)40(71)52-22(3)45(76)77/h21-30,34-35,61,78H,5-20,47H2,1-4H3,(H,51,70)(H,52,71)(H,53,68)(H,54,69)(H,55,73)(H,56,67)(H,57,72)(H,63,64)(H,65,66)(H,76,77)(H4,48,49,50)/t22-,23+,24-,25-,26-,27-,28-,29-,30-,34-,35-/m0/s1. The number of aliphatic imine (C=N–C) groups is 1. The number of likely N-dealkylation sites (tertiary alicyclic amines) is 3. The molecule has 3 fully saturated rings. The number of carboxylic acids is 3. The number of amides is 10. The number of aliphatic hydroxyl groups is 1. The highest BCUT2D eigenvalue weighted by atomic mass is 32.1. The Labute approximate surface area is 454 Å². The van der Waals surface area contributed by atoms with Gasteiger partial charge in [0.15, 0.2) is 5.96 Å². The summed E-state index contributed by atoms with van der Waals surface area (Å²) in [6.45, 7) is 5.59. The van der Waals surface area contributed by atoms with E-state index in [0.717, 1.165) is 16.7 Å². The molecular weight excluding hydrogens is 1050 g/mol. The zero-order valence-corrected chi connectivity index (χ0v) is 44.7. The van der Waals surface area contributed by atoms with E-state index in [-0.39, 0.29) is 62.9 Å². The first kappa shape index (κ1) is 64.9. The molecule has 3 rings (SSSR count). The van der Waals surface area contributed by atoms with Crippen molar-refractivity contribution in [2.45, 2.75) is 158 Å². The molecule has 3 aliphatic heterocycles. The highest BCUT2D eigenvalue weighted by molar-refractivity contribution is 7.80. The first-order valence-electron chi connectivity index (χ1n) is 25.4. The maximum absolute atomic E-state index is 13.9. The third kappa shape index (κ3) is 19.0. The van der Waals surface area contributed by atoms with Crippen molar-refractivity contribution in [1.82, 2.24) is 51.9 Å². The number of carbonyl (C=O) groups is 13. The minimum atomic E-state index is -2.11. The van der Waals surface area contributed by atoms with Crippen molar-refractivity contribution in [1.29, 1.82) is 0 Å². The molecule has 32 heteroatoms. The number of nitrogens with one attached hydrogen (secondary N) is 7. The van der Waals surface area contributed by atoms with Crippen LogP contribution in [0.3, 0.4) is 0 Å². The molecule has 0 aliphatic carbocycles. The molecule has 11 atom stereocenters. The van der Waals surface area contributed by atoms with Gasteiger partial charge in [0.25, 0.3) is 0 Å². The van der Waals surface area contributed by atoms with Crippen LogP contribution in [0.2, 0.25) is 0 Å². The number of thiol groups is 1. The van der Waals surface area contributed by atoms with Crippen molar-refractivity contribution in [3.05, 3.63) is 0 Å². The second kappa shape index (κ2) is 30.6. The van der Waals surface area contributed by atoms with Gasteiger partial charge in [-0.2, -0.15) is 12.6 Å². The number of hydrogen-bond acceptors (Lipinski definition) is 17. The minimum Gasteiger partial charge on any atom is -0.481 e. The molecule has 78 heavy (non-hydrogen) atoms. The van der Waals surface area contributed by atoms with Crippen LogP contribution < -0.4 is 54.4 Å². The Kier molecular flexibility index (Phi) is 25.4. The summed E-state index contributed by atoms with van der Waals surface area (Å²) in [6, 6.07) is -14.5. The number of aliphatic hydroxyl groups excluding tert-OH is 1. The maximum atomic E-state index is 13.9. The number of carboxylic acid groups (broad SMARTS) is 3. The second-order valence-electron chi connectivity index (χ2n) is 19.5. The molecule has 0 saturated carbocycles. The molecule has 10 amide bonds. The molecular formula is C46H74N14O17S. The van der Waals surface area contributed by atoms with Gasteiger partial charge in [0.1, 0.15) is 54.4 Å². The van der Waals surface area contributed by atoms with Crippen molar-refractivity contribution in [3.63, 3.8) is 0 Å². The second-order valence-corrected chi connectivity index (χ2v) is 19.8. The quantitative estimate of drug-likeness (QED) is 0.0143. The fraction of sp³-hybridized carbons (Fsp3) is 0.696. The van der Waals surface area contributed by atoms with Crippen LogP contribution in [-0.2, 0) is 62.3 Å². The van der Waals surface area contributed by atoms with Gasteiger partial charge in [-0.25, -0.2) is 0 Å². The number of nitrogens with zero attached hydrogens (tertiary/aromatic N) is 4. The molecule has 0 radical (unpaired) electrons. The van der Waals surface area contributed by atoms with Crippen molar-refractivity contribution in [2.75, 3.05) is 38.5 Å². The number of aliphatic carboxylic acids is 3. The van der Waals surface area contributed by atoms with Crippen molar-refractivity contribution in [2.24, 2.45) is 28.1 Å². The number of rotatable bonds is 29. The first-order valence-corrected chi connectivity index (χ1v) is 26.0. The molecule has 0 aromatic carbocycles. The highest BCUT2D eigenvalue weighted by Crippen LogP contribution is 2.22. The summed E-state index contributed by atoms with van der Waals surface area (Å²) in [5.41, 5.74) is 16.9. The van der Waals surface area contributed by atoms with E-state index in [1.165, 1.54) is 11.8 Å². The summed E-state index contributed by atoms with van der Waals surface area (Å²) >= 11 is 4.19. The van der Waals surface area contributed by atoms with Gasteiger partial charge in [-0.15, -0.1) is 0 Å². The van der Waals surface area contributed by atoms with Crippen molar-refractivity contribution in [3.8, 4) is 0 Å². The Bertz CT molecular complexity index is 2290. The monoisotopic (exact) mass is 1130 g/mol. The Balaban J connectivity index is 1.76. The third-order valence-electron chi connectivity index (χ3n) is 13.2. The van der Waals surface area contributed by atoms with Crippen LogP contribution in [-0.4, -0.2) is 223 Å². The zero-order valence-electron chi connectivity index (χ0n) is 43.8. The number of guanidine groups is 1. The Hall–Kier alpha value is -7.35. The van der Waals surface area contributed by atoms with E-state index in [1.807, 2.05) is 0 Å². The van der Waals surface area contributed by atoms with Crippen LogP contribution in [0, 0.1) is 5.92 Å². The van der Waals surface area contributed by atoms with Crippen LogP contribution in [0.1, 0.15) is 91.9 Å². The molecule has 3 saturated heterocycles. The fourth-order valence-corrected chi connectivity index (χ4v) is 9.08. The molecule has 0 aromatic rings. The molecule has 0 spiro atoms. The first-order chi connectivity index (χ1) is 36.6. The van der Waals surface area contributed by atoms with Gasteiger partial charge in [-0.05, 0) is 71.1 Å². The van der Waals surface area contributed by atoms with Gasteiger partial charge in [0.2, 0.25) is 59.1 Å². The number of carbonyl (C=O) groups excluding carboxylic acids is 10. The van der Waals surface area contributed by atoms with Gasteiger partial charge in [-0.3, -0.25) is 67.3 Å². The lowest BCUT2D eigenvalue weighted by molar-refractivity contribution is -0.144. The van der Waals surface area contributed by atoms with Gasteiger partial charge in [0, 0.05) is 31.9 Å². The normalized spacial score (nSPS) is 20.1. The Morgan fingerprint density at radius 1 is 0.603 bits per heavy atom. The predicted octanol–water partition coefficient (Wildman–Crippen LogP) is -6.61. The summed E-state index contributed by atoms with van der Waals surface area (Å²) in [4.78, 5) is 178. The van der Waals surface area contributed by atoms with Gasteiger partial charge in [-0.1, -0.05) is 13.8 Å². The topological polar surface area (TPSA) is 487 Å². The lowest BCUT2D eigenvalue weighted by Crippen LogP contribution is -2.61. The van der Waals surface area contributed by atoms with Crippen LogP contribution >= 0.6 is 12.6 Å². The maximum Gasteiger partial charge on any atom is 0.325 e. The summed E-state index contributed by atoms with van der Waals surface area (Å²) in [5, 5.41) is 55.4. The Morgan fingerprint density at radius 2 is 1.05 bits per heavy atom. The van der Waals surface area contributed by atoms with E-state index in [4.69, 9.17) is 17.2 Å². The SMILES string of the molecule is CC(C)[C@H](N)C(=O)N1CCC[C@H]1C(=O)NCC(=O)N1CCC[C@H]1C(=O)N[C@H](C(=O)N[C@@H](CC(=O)O)C(=O)N[C@@H](CC(=O)O)C(=O)N[C@@H](CCCN=C(N)N)C(=O)N[C@@H](CS)C(=O)N1CCC[C@H]1C(=O)N[C@@H](C)C(=O)O)[C@@H](C)O. The van der Waals surface area contributed by atoms with Gasteiger partial charge >= 0.3 is 17.9 Å². The summed E-state index contributed by atoms with van der Waals surface area (Å²) in [7, 11) is 0. The van der Waals surface area contributed by atoms with Crippen LogP contribution in [0.4, 0.5) is 0 Å². The minimum absolute atomic E-state index is 0.0126. The molecule has 17 N–H and O–H groups in total. The summed E-state index contributed by atoms with van der Waals surface area (Å²) in [6.07, 6.45) is -2.61. The largest absolute Gasteiger partial charge is 0.481 e. The fourth-order valence-electron chi connectivity index (χ4n) is 8.83. The number of hydrogen-bond donors (Lipinski definition) is 15. The van der Waals surface area contributed by atoms with E-state index < -0.39 is 163 Å². The molecule has 31 nitrogen and oxygen atoms in total. The smallest absolute Gasteiger partial charge is 0.325 e. The predicted molar refractivity (Wildman–Crippen MR) is 275 cm³/mol. The highest BCUT2D eigenvalue weighted by Gasteiger charge is 2.42. The summed E-state index contributed by atoms with van der Waals surface area (Å²) in [5.74, 6) is -14.8. The van der Waals surface area contributed by atoms with E-state index >= 15 is 0 Å². The van der Waals surface area contributed by atoms with Crippen molar-refractivity contribution < 1.29 is 82.8 Å². The molecule has 3 heterocycles. The molecule has 0 aromatic heterocycles. The van der Waals surface area contributed by atoms with Crippen LogP contribution in [0.5, 0.6) is 0 Å². The molecule has 0 bridgehead atoms. The van der Waals surface area contributed by atoms with E-state index in [2.05, 4.69) is 54.8 Å². The molecule has 436 valence electrons. The van der Waals surface area contributed by atoms with Gasteiger partial charge < -0.3 is 89.5 Å². The third-order valence-corrected chi connectivity index (χ3v) is 13.5.